The summed E-state index contributed by atoms with van der Waals surface area (Å²) < 4.78 is 16.3. The van der Waals surface area contributed by atoms with Crippen LogP contribution in [-0.2, 0) is 20.9 Å². The molecule has 4 heterocycles. The van der Waals surface area contributed by atoms with E-state index < -0.39 is 29.8 Å². The van der Waals surface area contributed by atoms with Gasteiger partial charge in [0, 0.05) is 11.2 Å². The Morgan fingerprint density at radius 1 is 1.02 bits per heavy atom. The summed E-state index contributed by atoms with van der Waals surface area (Å²) in [5.74, 6) is -1.10. The van der Waals surface area contributed by atoms with E-state index in [1.165, 1.54) is 12.0 Å². The highest BCUT2D eigenvalue weighted by Crippen LogP contribution is 2.53. The van der Waals surface area contributed by atoms with Crippen LogP contribution in [0, 0.1) is 11.8 Å². The van der Waals surface area contributed by atoms with Gasteiger partial charge < -0.3 is 24.4 Å². The molecule has 40 heavy (non-hydrogen) atoms. The van der Waals surface area contributed by atoms with E-state index in [1.54, 1.807) is 30.3 Å². The minimum absolute atomic E-state index is 0.0714. The smallest absolute Gasteiger partial charge is 0.248 e. The zero-order valence-corrected chi connectivity index (χ0v) is 22.1. The number of nitrogens with one attached hydrogen (secondary N) is 1. The fraction of sp³-hybridized carbons (Fsp3) is 0.233. The molecule has 3 amide bonds. The van der Waals surface area contributed by atoms with Gasteiger partial charge in [0.25, 0.3) is 0 Å². The molecule has 2 saturated heterocycles. The zero-order valence-electron chi connectivity index (χ0n) is 21.4. The van der Waals surface area contributed by atoms with Gasteiger partial charge in [-0.3, -0.25) is 19.3 Å². The molecule has 1 N–H and O–H groups in total. The topological polar surface area (TPSA) is 97.4 Å². The largest absolute Gasteiger partial charge is 0.495 e. The highest BCUT2D eigenvalue weighted by atomic mass is 35.5. The first-order valence-corrected chi connectivity index (χ1v) is 13.2. The summed E-state index contributed by atoms with van der Waals surface area (Å²) in [5, 5.41) is 3.33. The lowest BCUT2D eigenvalue weighted by atomic mass is 9.84. The number of carbonyl (C=O) groups excluding carboxylic acids is 3. The van der Waals surface area contributed by atoms with Crippen molar-refractivity contribution in [3.63, 3.8) is 0 Å². The van der Waals surface area contributed by atoms with E-state index in [0.29, 0.717) is 28.0 Å². The number of hydrogen-bond acceptors (Lipinski definition) is 7. The molecule has 1 unspecified atom stereocenters. The molecule has 202 valence electrons. The Morgan fingerprint density at radius 2 is 1.82 bits per heavy atom. The van der Waals surface area contributed by atoms with Gasteiger partial charge in [-0.1, -0.05) is 41.9 Å². The Kier molecular flexibility index (Phi) is 5.71. The molecule has 0 aliphatic carbocycles. The standard InChI is InChI=1S/C30H24ClN3O6/c1-38-21-9-7-18(31)13-20(21)32-28(35)27-25-24(26-19-5-3-2-4-17(19)10-11-33(26)27)29(36)34(30(25)37)14-16-6-8-22-23(12-16)40-15-39-22/h2-13,24-27H,14-15H2,1H3,(H,32,35)/t24-,25+,26+,27?/m0/s1. The zero-order chi connectivity index (χ0) is 27.5. The highest BCUT2D eigenvalue weighted by Gasteiger charge is 2.64. The van der Waals surface area contributed by atoms with Crippen LogP contribution >= 0.6 is 11.6 Å². The summed E-state index contributed by atoms with van der Waals surface area (Å²) in [6, 6.07) is 16.6. The molecule has 10 heteroatoms. The van der Waals surface area contributed by atoms with Crippen LogP contribution < -0.4 is 19.5 Å². The Labute approximate surface area is 234 Å². The number of fused-ring (bicyclic) bond motifs is 6. The molecule has 0 spiro atoms. The van der Waals surface area contributed by atoms with Gasteiger partial charge in [0.1, 0.15) is 11.8 Å². The molecule has 4 aliphatic rings. The number of methoxy groups -OCH3 is 1. The summed E-state index contributed by atoms with van der Waals surface area (Å²) in [5.41, 5.74) is 2.98. The Balaban J connectivity index is 1.26. The van der Waals surface area contributed by atoms with Crippen LogP contribution in [0.1, 0.15) is 22.7 Å². The number of halogens is 1. The van der Waals surface area contributed by atoms with Crippen LogP contribution in [0.15, 0.2) is 66.9 Å². The van der Waals surface area contributed by atoms with Crippen molar-refractivity contribution in [1.29, 1.82) is 0 Å². The van der Waals surface area contributed by atoms with Crippen molar-refractivity contribution < 1.29 is 28.6 Å². The molecule has 0 aromatic heterocycles. The van der Waals surface area contributed by atoms with Gasteiger partial charge in [0.05, 0.1) is 37.2 Å². The summed E-state index contributed by atoms with van der Waals surface area (Å²) in [7, 11) is 1.50. The third kappa shape index (κ3) is 3.72. The maximum atomic E-state index is 14.0. The number of nitrogens with zero attached hydrogens (tertiary/aromatic N) is 2. The van der Waals surface area contributed by atoms with Crippen LogP contribution in [0.4, 0.5) is 5.69 Å². The van der Waals surface area contributed by atoms with Crippen molar-refractivity contribution in [1.82, 2.24) is 9.80 Å². The van der Waals surface area contributed by atoms with Gasteiger partial charge in [0.2, 0.25) is 24.5 Å². The van der Waals surface area contributed by atoms with Crippen LogP contribution in [-0.4, -0.2) is 47.5 Å². The van der Waals surface area contributed by atoms with Gasteiger partial charge in [-0.15, -0.1) is 0 Å². The van der Waals surface area contributed by atoms with Crippen LogP contribution in [0.25, 0.3) is 6.08 Å². The molecule has 3 aromatic rings. The van der Waals surface area contributed by atoms with Crippen molar-refractivity contribution in [2.45, 2.75) is 18.6 Å². The van der Waals surface area contributed by atoms with Gasteiger partial charge in [0.15, 0.2) is 11.5 Å². The summed E-state index contributed by atoms with van der Waals surface area (Å²) in [4.78, 5) is 45.1. The number of rotatable bonds is 5. The van der Waals surface area contributed by atoms with E-state index in [2.05, 4.69) is 5.32 Å². The predicted molar refractivity (Wildman–Crippen MR) is 146 cm³/mol. The maximum Gasteiger partial charge on any atom is 0.248 e. The number of carbonyl (C=O) groups is 3. The SMILES string of the molecule is COc1ccc(Cl)cc1NC(=O)C1[C@@H]2C(=O)N(Cc3ccc4c(c3)OCO4)C(=O)[C@@H]2[C@H]2c3ccccc3C=CN12. The molecular formula is C30H24ClN3O6. The summed E-state index contributed by atoms with van der Waals surface area (Å²) >= 11 is 6.20. The number of amides is 3. The van der Waals surface area contributed by atoms with Crippen molar-refractivity contribution >= 4 is 41.1 Å². The molecule has 3 aromatic carbocycles. The predicted octanol–water partition coefficient (Wildman–Crippen LogP) is 4.23. The normalized spacial score (nSPS) is 23.6. The Hall–Kier alpha value is -4.50. The summed E-state index contributed by atoms with van der Waals surface area (Å²) in [6.07, 6.45) is 3.72. The first kappa shape index (κ1) is 24.5. The molecule has 0 radical (unpaired) electrons. The van der Waals surface area contributed by atoms with Crippen LogP contribution in [0.2, 0.25) is 5.02 Å². The Morgan fingerprint density at radius 3 is 2.67 bits per heavy atom. The van der Waals surface area contributed by atoms with E-state index in [9.17, 15) is 14.4 Å². The summed E-state index contributed by atoms with van der Waals surface area (Å²) in [6.45, 7) is 0.200. The van der Waals surface area contributed by atoms with Crippen molar-refractivity contribution in [2.24, 2.45) is 11.8 Å². The van der Waals surface area contributed by atoms with Gasteiger partial charge in [-0.05, 0) is 53.1 Å². The first-order chi connectivity index (χ1) is 19.4. The van der Waals surface area contributed by atoms with Gasteiger partial charge in [-0.25, -0.2) is 0 Å². The van der Waals surface area contributed by atoms with Gasteiger partial charge >= 0.3 is 0 Å². The minimum atomic E-state index is -0.929. The van der Waals surface area contributed by atoms with Crippen LogP contribution in [0.3, 0.4) is 0 Å². The van der Waals surface area contributed by atoms with E-state index in [1.807, 2.05) is 47.5 Å². The van der Waals surface area contributed by atoms with Crippen molar-refractivity contribution in [3.8, 4) is 17.2 Å². The third-order valence-electron chi connectivity index (χ3n) is 8.02. The van der Waals surface area contributed by atoms with Crippen LogP contribution in [0.5, 0.6) is 17.2 Å². The van der Waals surface area contributed by atoms with E-state index in [4.69, 9.17) is 25.8 Å². The second kappa shape index (κ2) is 9.31. The average Bonchev–Trinajstić information content (AvgIpc) is 3.63. The fourth-order valence-electron chi connectivity index (χ4n) is 6.28. The minimum Gasteiger partial charge on any atom is -0.495 e. The number of anilines is 1. The number of likely N-dealkylation sites (tertiary alicyclic amines) is 1. The first-order valence-electron chi connectivity index (χ1n) is 12.9. The van der Waals surface area contributed by atoms with Crippen molar-refractivity contribution in [2.75, 3.05) is 19.2 Å². The molecule has 4 atom stereocenters. The molecule has 4 aliphatic heterocycles. The molecule has 7 rings (SSSR count). The maximum absolute atomic E-state index is 14.0. The monoisotopic (exact) mass is 557 g/mol. The molecule has 0 saturated carbocycles. The van der Waals surface area contributed by atoms with Gasteiger partial charge in [-0.2, -0.15) is 0 Å². The quantitative estimate of drug-likeness (QED) is 0.469. The lowest BCUT2D eigenvalue weighted by Gasteiger charge is -2.35. The van der Waals surface area contributed by atoms with E-state index in [-0.39, 0.29) is 25.2 Å². The van der Waals surface area contributed by atoms with Crippen molar-refractivity contribution in [3.05, 3.63) is 88.6 Å². The fourth-order valence-corrected chi connectivity index (χ4v) is 6.45. The second-order valence-corrected chi connectivity index (χ2v) is 10.6. The molecule has 9 nitrogen and oxygen atoms in total. The number of benzene rings is 3. The number of imide groups is 1. The lowest BCUT2D eigenvalue weighted by molar-refractivity contribution is -0.143. The van der Waals surface area contributed by atoms with E-state index in [0.717, 1.165) is 16.7 Å². The number of ether oxygens (including phenoxy) is 3. The van der Waals surface area contributed by atoms with E-state index >= 15 is 0 Å². The second-order valence-electron chi connectivity index (χ2n) is 10.1. The third-order valence-corrected chi connectivity index (χ3v) is 8.25. The molecule has 0 bridgehead atoms. The average molecular weight is 558 g/mol. The Bertz CT molecular complexity index is 1610. The molecule has 2 fully saturated rings. The lowest BCUT2D eigenvalue weighted by Crippen LogP contribution is -2.46. The molecular weight excluding hydrogens is 534 g/mol. The highest BCUT2D eigenvalue weighted by molar-refractivity contribution is 6.31. The number of hydrogen-bond donors (Lipinski definition) is 1.